The molecule has 2 amide bonds. The fraction of sp³-hybridized carbons (Fsp3) is 0.714. The lowest BCUT2D eigenvalue weighted by Crippen LogP contribution is -2.62. The smallest absolute Gasteiger partial charge is 0.407 e. The first-order valence-electron chi connectivity index (χ1n) is 14.4. The van der Waals surface area contributed by atoms with Gasteiger partial charge in [-0.25, -0.2) is 4.79 Å². The summed E-state index contributed by atoms with van der Waals surface area (Å²) in [6, 6.07) is 9.37. The summed E-state index contributed by atoms with van der Waals surface area (Å²) >= 11 is 0. The molecule has 0 saturated carbocycles. The van der Waals surface area contributed by atoms with Gasteiger partial charge in [-0.15, -0.1) is 0 Å². The largest absolute Gasteiger partial charge is 0.445 e. The van der Waals surface area contributed by atoms with E-state index in [1.807, 2.05) is 30.3 Å². The summed E-state index contributed by atoms with van der Waals surface area (Å²) in [5, 5.41) is 84.8. The summed E-state index contributed by atoms with van der Waals surface area (Å²) in [6.07, 6.45) is -12.0. The monoisotopic (exact) mass is 618 g/mol. The van der Waals surface area contributed by atoms with Gasteiger partial charge < -0.3 is 65.7 Å². The van der Waals surface area contributed by atoms with Gasteiger partial charge in [0, 0.05) is 13.1 Å². The first-order valence-corrected chi connectivity index (χ1v) is 14.4. The number of nitrogens with one attached hydrogen (secondary N) is 2. The topological polar surface area (TPSA) is 248 Å². The maximum Gasteiger partial charge on any atom is 0.407 e. The third kappa shape index (κ3) is 12.2. The minimum atomic E-state index is -2.09. The van der Waals surface area contributed by atoms with Crippen molar-refractivity contribution in [2.45, 2.75) is 100 Å². The molecule has 246 valence electrons. The summed E-state index contributed by atoms with van der Waals surface area (Å²) in [5.41, 5.74) is 0.907. The van der Waals surface area contributed by atoms with Crippen LogP contribution in [0.2, 0.25) is 0 Å². The molecule has 15 heteroatoms. The summed E-state index contributed by atoms with van der Waals surface area (Å²) in [6.45, 7) is -0.814. The van der Waals surface area contributed by atoms with Gasteiger partial charge in [-0.3, -0.25) is 4.79 Å². The number of unbranched alkanes of at least 4 members (excludes halogenated alkanes) is 5. The quantitative estimate of drug-likeness (QED) is 0.0729. The summed E-state index contributed by atoms with van der Waals surface area (Å²) < 4.78 is 15.6. The number of ether oxygens (including phenoxy) is 3. The highest BCUT2D eigenvalue weighted by Gasteiger charge is 2.47. The molecule has 15 nitrogen and oxygen atoms in total. The molecule has 1 aromatic rings. The van der Waals surface area contributed by atoms with Crippen molar-refractivity contribution < 1.29 is 64.7 Å². The zero-order valence-corrected chi connectivity index (χ0v) is 24.0. The van der Waals surface area contributed by atoms with Gasteiger partial charge in [0.15, 0.2) is 12.4 Å². The maximum atomic E-state index is 12.4. The third-order valence-corrected chi connectivity index (χ3v) is 7.02. The average molecular weight is 619 g/mol. The molecule has 2 unspecified atom stereocenters. The van der Waals surface area contributed by atoms with E-state index < -0.39 is 80.3 Å². The average Bonchev–Trinajstić information content (AvgIpc) is 3.02. The number of hydrogen-bond acceptors (Lipinski definition) is 13. The summed E-state index contributed by atoms with van der Waals surface area (Å²) in [4.78, 5) is 24.1. The van der Waals surface area contributed by atoms with Crippen molar-refractivity contribution in [1.82, 2.24) is 10.6 Å². The van der Waals surface area contributed by atoms with Crippen molar-refractivity contribution in [3.63, 3.8) is 0 Å². The molecule has 1 aliphatic heterocycles. The van der Waals surface area contributed by atoms with Crippen molar-refractivity contribution in [2.75, 3.05) is 26.3 Å². The van der Waals surface area contributed by atoms with Crippen LogP contribution < -0.4 is 10.6 Å². The Kier molecular flexibility index (Phi) is 16.9. The number of aliphatic hydroxyl groups is 8. The lowest BCUT2D eigenvalue weighted by atomic mass is 9.98. The number of hydrogen-bond donors (Lipinski definition) is 10. The highest BCUT2D eigenvalue weighted by atomic mass is 16.7. The minimum Gasteiger partial charge on any atom is -0.445 e. The molecule has 1 aliphatic rings. The van der Waals surface area contributed by atoms with Gasteiger partial charge in [0.25, 0.3) is 5.91 Å². The second-order valence-electron chi connectivity index (χ2n) is 10.4. The van der Waals surface area contributed by atoms with Crippen LogP contribution in [-0.4, -0.2) is 134 Å². The molecule has 0 aromatic heterocycles. The van der Waals surface area contributed by atoms with Crippen LogP contribution in [0.25, 0.3) is 0 Å². The van der Waals surface area contributed by atoms with Crippen LogP contribution in [-0.2, 0) is 25.6 Å². The van der Waals surface area contributed by atoms with Crippen molar-refractivity contribution >= 4 is 12.0 Å². The molecule has 2 rings (SSSR count). The minimum absolute atomic E-state index is 0.193. The van der Waals surface area contributed by atoms with Crippen LogP contribution in [0.3, 0.4) is 0 Å². The van der Waals surface area contributed by atoms with Gasteiger partial charge >= 0.3 is 6.09 Å². The van der Waals surface area contributed by atoms with E-state index in [2.05, 4.69) is 10.6 Å². The fourth-order valence-corrected chi connectivity index (χ4v) is 4.41. The molecule has 0 bridgehead atoms. The van der Waals surface area contributed by atoms with Crippen LogP contribution in [0.1, 0.15) is 44.1 Å². The lowest BCUT2D eigenvalue weighted by Gasteiger charge is -2.42. The first-order chi connectivity index (χ1) is 20.6. The van der Waals surface area contributed by atoms with Crippen molar-refractivity contribution in [1.29, 1.82) is 0 Å². The molecule has 43 heavy (non-hydrogen) atoms. The Balaban J connectivity index is 1.63. The highest BCUT2D eigenvalue weighted by molar-refractivity contribution is 5.81. The van der Waals surface area contributed by atoms with Crippen LogP contribution in [0.15, 0.2) is 30.3 Å². The number of carbonyl (C=O) groups is 2. The normalized spacial score (nSPS) is 24.9. The van der Waals surface area contributed by atoms with E-state index >= 15 is 0 Å². The predicted octanol–water partition coefficient (Wildman–Crippen LogP) is -2.37. The Hall–Kier alpha value is -2.44. The molecule has 0 radical (unpaired) electrons. The number of rotatable bonds is 19. The Morgan fingerprint density at radius 1 is 0.837 bits per heavy atom. The predicted molar refractivity (Wildman–Crippen MR) is 149 cm³/mol. The number of alkyl carbamates (subject to hydrolysis) is 1. The molecule has 10 N–H and O–H groups in total. The Bertz CT molecular complexity index is 925. The SMILES string of the molecule is O=C(NCCCCCCCCNC(=O)[C@H](O)[C@@H](O)[C@@H](O[C@@H]1O[C@@H](CO)[C@H](O)C(O)C1O)[C@H](O)CO)OCc1ccccc1. The highest BCUT2D eigenvalue weighted by Crippen LogP contribution is 2.25. The number of amides is 2. The van der Waals surface area contributed by atoms with Crippen LogP contribution in [0.5, 0.6) is 0 Å². The summed E-state index contributed by atoms with van der Waals surface area (Å²) in [7, 11) is 0. The zero-order chi connectivity index (χ0) is 31.8. The van der Waals surface area contributed by atoms with E-state index in [1.54, 1.807) is 0 Å². The van der Waals surface area contributed by atoms with Crippen molar-refractivity contribution in [3.05, 3.63) is 35.9 Å². The van der Waals surface area contributed by atoms with E-state index in [1.165, 1.54) is 0 Å². The van der Waals surface area contributed by atoms with E-state index in [9.17, 15) is 50.4 Å². The van der Waals surface area contributed by atoms with Gasteiger partial charge in [0.2, 0.25) is 0 Å². The van der Waals surface area contributed by atoms with Gasteiger partial charge in [0.05, 0.1) is 13.2 Å². The Morgan fingerprint density at radius 2 is 1.44 bits per heavy atom. The van der Waals surface area contributed by atoms with E-state index in [0.29, 0.717) is 13.0 Å². The summed E-state index contributed by atoms with van der Waals surface area (Å²) in [5.74, 6) is -0.967. The second-order valence-corrected chi connectivity index (χ2v) is 10.4. The van der Waals surface area contributed by atoms with E-state index in [4.69, 9.17) is 14.2 Å². The molecule has 0 aliphatic carbocycles. The van der Waals surface area contributed by atoms with Crippen LogP contribution in [0.4, 0.5) is 4.79 Å². The number of carbonyl (C=O) groups excluding carboxylic acids is 2. The maximum absolute atomic E-state index is 12.4. The Labute approximate surface area is 250 Å². The standard InChI is InChI=1S/C28H46N2O13/c31-14-18(33)25(43-27-24(38)21(35)20(34)19(15-32)42-27)22(36)23(37)26(39)29-12-8-3-1-2-4-9-13-30-28(40)41-16-17-10-6-5-7-11-17/h5-7,10-11,18-25,27,31-38H,1-4,8-9,12-16H2,(H,29,39)(H,30,40)/t18-,19+,20+,21?,22-,23-,24?,25+,27+/m1/s1. The van der Waals surface area contributed by atoms with Gasteiger partial charge in [-0.2, -0.15) is 0 Å². The molecular formula is C28H46N2O13. The van der Waals surface area contributed by atoms with Crippen molar-refractivity contribution in [3.8, 4) is 0 Å². The molecule has 1 saturated heterocycles. The molecule has 1 aromatic carbocycles. The van der Waals surface area contributed by atoms with Crippen LogP contribution in [0, 0.1) is 0 Å². The molecule has 9 atom stereocenters. The third-order valence-electron chi connectivity index (χ3n) is 7.02. The first kappa shape index (κ1) is 36.8. The molecule has 0 spiro atoms. The molecule has 1 fully saturated rings. The Morgan fingerprint density at radius 3 is 2.05 bits per heavy atom. The molecular weight excluding hydrogens is 572 g/mol. The van der Waals surface area contributed by atoms with E-state index in [-0.39, 0.29) is 13.2 Å². The van der Waals surface area contributed by atoms with Gasteiger partial charge in [-0.05, 0) is 18.4 Å². The molecule has 1 heterocycles. The number of benzene rings is 1. The van der Waals surface area contributed by atoms with Gasteiger partial charge in [0.1, 0.15) is 49.3 Å². The number of aliphatic hydroxyl groups excluding tert-OH is 8. The zero-order valence-electron chi connectivity index (χ0n) is 24.0. The lowest BCUT2D eigenvalue weighted by molar-refractivity contribution is -0.326. The van der Waals surface area contributed by atoms with Gasteiger partial charge in [-0.1, -0.05) is 56.0 Å². The van der Waals surface area contributed by atoms with Crippen molar-refractivity contribution in [2.24, 2.45) is 0 Å². The van der Waals surface area contributed by atoms with E-state index in [0.717, 1.165) is 37.7 Å². The van der Waals surface area contributed by atoms with Crippen LogP contribution >= 0.6 is 0 Å². The fourth-order valence-electron chi connectivity index (χ4n) is 4.41. The second kappa shape index (κ2) is 19.8.